The molecule has 2 aromatic heterocycles. The van der Waals surface area contributed by atoms with E-state index in [1.54, 1.807) is 11.1 Å². The lowest BCUT2D eigenvalue weighted by Gasteiger charge is -2.26. The summed E-state index contributed by atoms with van der Waals surface area (Å²) in [4.78, 5) is 22.0. The van der Waals surface area contributed by atoms with Gasteiger partial charge in [0.1, 0.15) is 0 Å². The molecule has 1 fully saturated rings. The summed E-state index contributed by atoms with van der Waals surface area (Å²) in [5, 5.41) is 9.96. The minimum absolute atomic E-state index is 0.159. The number of aromatic amines is 2. The summed E-state index contributed by atoms with van der Waals surface area (Å²) < 4.78 is 5.28. The Morgan fingerprint density at radius 1 is 1.24 bits per heavy atom. The van der Waals surface area contributed by atoms with Crippen LogP contribution in [0.25, 0.3) is 22.6 Å². The number of hydrogen-bond donors (Lipinski definition) is 3. The molecule has 0 bridgehead atoms. The number of ether oxygens (including phenoxy) is 1. The van der Waals surface area contributed by atoms with Crippen LogP contribution in [0.1, 0.15) is 11.1 Å². The molecule has 0 spiro atoms. The Morgan fingerprint density at radius 2 is 2.00 bits per heavy atom. The zero-order valence-electron chi connectivity index (χ0n) is 14.2. The number of aromatic nitrogens is 4. The van der Waals surface area contributed by atoms with E-state index >= 15 is 0 Å². The number of hydrogen-bond acceptors (Lipinski definition) is 4. The van der Waals surface area contributed by atoms with Gasteiger partial charge >= 0.3 is 6.03 Å². The number of aryl methyl sites for hydroxylation is 2. The minimum Gasteiger partial charge on any atom is -0.378 e. The second-order valence-electron chi connectivity index (χ2n) is 6.22. The Bertz CT molecular complexity index is 884. The number of anilines is 1. The standard InChI is InChI=1S/C17H20N6O2/c1-10-7-12-13(8-11(10)2)20-16(19-12)15-14(9-18-22-15)21-17(24)23-3-5-25-6-4-23/h7-9H,3-6H2,1-2H3,(H,18,22)(H,19,20)(H,21,24). The van der Waals surface area contributed by atoms with Crippen LogP contribution in [0.2, 0.25) is 0 Å². The van der Waals surface area contributed by atoms with Crippen molar-refractivity contribution in [1.29, 1.82) is 0 Å². The number of carbonyl (C=O) groups is 1. The molecule has 1 aliphatic rings. The van der Waals surface area contributed by atoms with Crippen LogP contribution in [0.5, 0.6) is 0 Å². The summed E-state index contributed by atoms with van der Waals surface area (Å²) in [5.74, 6) is 0.624. The number of urea groups is 1. The number of imidazole rings is 1. The third kappa shape index (κ3) is 2.96. The number of nitrogens with one attached hydrogen (secondary N) is 3. The van der Waals surface area contributed by atoms with Gasteiger partial charge in [-0.25, -0.2) is 9.78 Å². The first-order valence-corrected chi connectivity index (χ1v) is 8.26. The van der Waals surface area contributed by atoms with E-state index in [1.807, 2.05) is 6.07 Å². The number of morpholine rings is 1. The lowest BCUT2D eigenvalue weighted by atomic mass is 10.1. The van der Waals surface area contributed by atoms with E-state index < -0.39 is 0 Å². The van der Waals surface area contributed by atoms with Crippen LogP contribution in [0.4, 0.5) is 10.5 Å². The molecule has 4 rings (SSSR count). The summed E-state index contributed by atoms with van der Waals surface area (Å²) in [7, 11) is 0. The molecule has 3 aromatic rings. The molecule has 1 saturated heterocycles. The van der Waals surface area contributed by atoms with E-state index in [1.165, 1.54) is 11.1 Å². The van der Waals surface area contributed by atoms with Crippen molar-refractivity contribution in [1.82, 2.24) is 25.1 Å². The van der Waals surface area contributed by atoms with Crippen LogP contribution >= 0.6 is 0 Å². The molecule has 25 heavy (non-hydrogen) atoms. The molecule has 8 nitrogen and oxygen atoms in total. The first-order chi connectivity index (χ1) is 12.1. The first-order valence-electron chi connectivity index (χ1n) is 8.26. The topological polar surface area (TPSA) is 98.9 Å². The molecule has 0 aliphatic carbocycles. The van der Waals surface area contributed by atoms with Crippen molar-refractivity contribution in [3.8, 4) is 11.5 Å². The van der Waals surface area contributed by atoms with Crippen molar-refractivity contribution in [2.24, 2.45) is 0 Å². The number of benzene rings is 1. The summed E-state index contributed by atoms with van der Waals surface area (Å²) in [6.45, 7) is 6.43. The highest BCUT2D eigenvalue weighted by Gasteiger charge is 2.20. The van der Waals surface area contributed by atoms with Gasteiger partial charge in [-0.2, -0.15) is 5.10 Å². The fourth-order valence-corrected chi connectivity index (χ4v) is 2.91. The average Bonchev–Trinajstić information content (AvgIpc) is 3.22. The minimum atomic E-state index is -0.159. The smallest absolute Gasteiger partial charge is 0.322 e. The Morgan fingerprint density at radius 3 is 2.80 bits per heavy atom. The maximum Gasteiger partial charge on any atom is 0.322 e. The zero-order valence-corrected chi connectivity index (χ0v) is 14.2. The van der Waals surface area contributed by atoms with E-state index in [9.17, 15) is 4.79 Å². The van der Waals surface area contributed by atoms with Crippen molar-refractivity contribution in [2.45, 2.75) is 13.8 Å². The lowest BCUT2D eigenvalue weighted by molar-refractivity contribution is 0.0564. The fraction of sp³-hybridized carbons (Fsp3) is 0.353. The van der Waals surface area contributed by atoms with Crippen LogP contribution in [-0.2, 0) is 4.74 Å². The Hall–Kier alpha value is -2.87. The predicted octanol–water partition coefficient (Wildman–Crippen LogP) is 2.43. The van der Waals surface area contributed by atoms with E-state index in [-0.39, 0.29) is 6.03 Å². The Balaban J connectivity index is 1.61. The van der Waals surface area contributed by atoms with Crippen LogP contribution in [0.15, 0.2) is 18.3 Å². The SMILES string of the molecule is Cc1cc2nc(-c3n[nH]cc3NC(=O)N3CCOCC3)[nH]c2cc1C. The van der Waals surface area contributed by atoms with Gasteiger partial charge in [0.15, 0.2) is 11.5 Å². The summed E-state index contributed by atoms with van der Waals surface area (Å²) in [6, 6.07) is 3.96. The first kappa shape index (κ1) is 15.6. The Kier molecular flexibility index (Phi) is 3.89. The van der Waals surface area contributed by atoms with Gasteiger partial charge in [0.25, 0.3) is 0 Å². The molecule has 130 valence electrons. The number of fused-ring (bicyclic) bond motifs is 1. The molecule has 3 N–H and O–H groups in total. The molecule has 0 saturated carbocycles. The van der Waals surface area contributed by atoms with E-state index in [0.29, 0.717) is 43.5 Å². The second-order valence-corrected chi connectivity index (χ2v) is 6.22. The molecule has 0 unspecified atom stereocenters. The van der Waals surface area contributed by atoms with Gasteiger partial charge in [0.2, 0.25) is 0 Å². The van der Waals surface area contributed by atoms with Gasteiger partial charge in [-0.1, -0.05) is 0 Å². The van der Waals surface area contributed by atoms with Crippen molar-refractivity contribution in [3.05, 3.63) is 29.5 Å². The quantitative estimate of drug-likeness (QED) is 0.667. The number of rotatable bonds is 2. The van der Waals surface area contributed by atoms with Gasteiger partial charge in [-0.3, -0.25) is 5.10 Å². The van der Waals surface area contributed by atoms with Crippen molar-refractivity contribution >= 4 is 22.8 Å². The van der Waals surface area contributed by atoms with Crippen molar-refractivity contribution in [3.63, 3.8) is 0 Å². The van der Waals surface area contributed by atoms with Gasteiger partial charge < -0.3 is 19.9 Å². The Labute approximate surface area is 144 Å². The van der Waals surface area contributed by atoms with E-state index in [4.69, 9.17) is 4.74 Å². The predicted molar refractivity (Wildman–Crippen MR) is 94.6 cm³/mol. The van der Waals surface area contributed by atoms with Gasteiger partial charge in [-0.15, -0.1) is 0 Å². The maximum absolute atomic E-state index is 12.4. The van der Waals surface area contributed by atoms with E-state index in [0.717, 1.165) is 11.0 Å². The summed E-state index contributed by atoms with van der Waals surface area (Å²) >= 11 is 0. The second kappa shape index (κ2) is 6.21. The largest absolute Gasteiger partial charge is 0.378 e. The summed E-state index contributed by atoms with van der Waals surface area (Å²) in [6.07, 6.45) is 1.66. The lowest BCUT2D eigenvalue weighted by Crippen LogP contribution is -2.43. The monoisotopic (exact) mass is 340 g/mol. The van der Waals surface area contributed by atoms with Gasteiger partial charge in [-0.05, 0) is 37.1 Å². The third-order valence-corrected chi connectivity index (χ3v) is 4.50. The number of carbonyl (C=O) groups excluding carboxylic acids is 1. The van der Waals surface area contributed by atoms with Crippen molar-refractivity contribution in [2.75, 3.05) is 31.6 Å². The number of nitrogens with zero attached hydrogens (tertiary/aromatic N) is 3. The molecular formula is C17H20N6O2. The molecule has 3 heterocycles. The van der Waals surface area contributed by atoms with Crippen LogP contribution in [-0.4, -0.2) is 57.4 Å². The highest BCUT2D eigenvalue weighted by atomic mass is 16.5. The number of H-pyrrole nitrogens is 2. The molecular weight excluding hydrogens is 320 g/mol. The van der Waals surface area contributed by atoms with Crippen LogP contribution in [0, 0.1) is 13.8 Å². The highest BCUT2D eigenvalue weighted by Crippen LogP contribution is 2.26. The maximum atomic E-state index is 12.4. The highest BCUT2D eigenvalue weighted by molar-refractivity contribution is 5.93. The molecule has 8 heteroatoms. The van der Waals surface area contributed by atoms with Gasteiger partial charge in [0, 0.05) is 19.3 Å². The molecule has 2 amide bonds. The van der Waals surface area contributed by atoms with Crippen molar-refractivity contribution < 1.29 is 9.53 Å². The number of amides is 2. The molecule has 0 radical (unpaired) electrons. The zero-order chi connectivity index (χ0) is 17.4. The van der Waals surface area contributed by atoms with E-state index in [2.05, 4.69) is 45.4 Å². The van der Waals surface area contributed by atoms with Crippen LogP contribution in [0.3, 0.4) is 0 Å². The third-order valence-electron chi connectivity index (χ3n) is 4.50. The molecule has 1 aliphatic heterocycles. The normalized spacial score (nSPS) is 14.9. The van der Waals surface area contributed by atoms with Gasteiger partial charge in [0.05, 0.1) is 29.9 Å². The molecule has 0 atom stereocenters. The summed E-state index contributed by atoms with van der Waals surface area (Å²) in [5.41, 5.74) is 5.41. The average molecular weight is 340 g/mol. The van der Waals surface area contributed by atoms with Crippen LogP contribution < -0.4 is 5.32 Å². The molecule has 1 aromatic carbocycles. The fourth-order valence-electron chi connectivity index (χ4n) is 2.91.